The van der Waals surface area contributed by atoms with Gasteiger partial charge in [-0.3, -0.25) is 0 Å². The van der Waals surface area contributed by atoms with Crippen LogP contribution in [0.5, 0.6) is 0 Å². The van der Waals surface area contributed by atoms with Gasteiger partial charge < -0.3 is 0 Å². The zero-order valence-corrected chi connectivity index (χ0v) is 25.1. The van der Waals surface area contributed by atoms with Crippen LogP contribution >= 0.6 is 15.9 Å². The van der Waals surface area contributed by atoms with E-state index >= 15 is 0 Å². The number of allylic oxidation sites excluding steroid dienone is 8. The smallest absolute Gasteiger partial charge is 0.0274 e. The molecule has 0 bridgehead atoms. The first-order chi connectivity index (χ1) is 18.8. The van der Waals surface area contributed by atoms with E-state index in [0.29, 0.717) is 5.41 Å². The fourth-order valence-electron chi connectivity index (χ4n) is 13.9. The Morgan fingerprint density at radius 2 is 1.37 bits per heavy atom. The van der Waals surface area contributed by atoms with Crippen molar-refractivity contribution in [1.29, 1.82) is 0 Å². The summed E-state index contributed by atoms with van der Waals surface area (Å²) in [7, 11) is 0. The Kier molecular flexibility index (Phi) is 5.68. The highest BCUT2D eigenvalue weighted by Gasteiger charge is 2.68. The van der Waals surface area contributed by atoms with Gasteiger partial charge in [-0.2, -0.15) is 0 Å². The molecule has 0 heterocycles. The molecule has 1 spiro atoms. The van der Waals surface area contributed by atoms with Crippen molar-refractivity contribution >= 4 is 15.9 Å². The van der Waals surface area contributed by atoms with E-state index in [4.69, 9.17) is 0 Å². The van der Waals surface area contributed by atoms with Crippen molar-refractivity contribution in [2.24, 2.45) is 70.5 Å². The Bertz CT molecular complexity index is 1120. The third-order valence-electron chi connectivity index (χ3n) is 14.6. The van der Waals surface area contributed by atoms with Gasteiger partial charge in [0.2, 0.25) is 0 Å². The predicted molar refractivity (Wildman–Crippen MR) is 161 cm³/mol. The van der Waals surface area contributed by atoms with Gasteiger partial charge in [0.15, 0.2) is 0 Å². The van der Waals surface area contributed by atoms with E-state index in [1.807, 2.05) is 16.7 Å². The summed E-state index contributed by atoms with van der Waals surface area (Å²) < 4.78 is 1.61. The molecule has 38 heavy (non-hydrogen) atoms. The molecule has 0 saturated heterocycles. The number of hydrogen-bond donors (Lipinski definition) is 0. The van der Waals surface area contributed by atoms with Crippen molar-refractivity contribution in [3.8, 4) is 0 Å². The van der Waals surface area contributed by atoms with Crippen LogP contribution in [0, 0.1) is 70.5 Å². The summed E-state index contributed by atoms with van der Waals surface area (Å²) in [4.78, 5) is 0. The van der Waals surface area contributed by atoms with Crippen molar-refractivity contribution in [1.82, 2.24) is 0 Å². The van der Waals surface area contributed by atoms with Gasteiger partial charge in [0.1, 0.15) is 0 Å². The summed E-state index contributed by atoms with van der Waals surface area (Å²) in [6, 6.07) is 0. The molecule has 12 unspecified atom stereocenters. The van der Waals surface area contributed by atoms with Gasteiger partial charge in [0.05, 0.1) is 0 Å². The van der Waals surface area contributed by atoms with Gasteiger partial charge in [-0.25, -0.2) is 0 Å². The predicted octanol–water partition coefficient (Wildman–Crippen LogP) is 10.6. The molecule has 0 amide bonds. The van der Waals surface area contributed by atoms with Gasteiger partial charge >= 0.3 is 0 Å². The fourth-order valence-corrected chi connectivity index (χ4v) is 14.8. The van der Waals surface area contributed by atoms with Crippen molar-refractivity contribution in [3.63, 3.8) is 0 Å². The molecular weight excluding hydrogens is 524 g/mol. The molecule has 204 valence electrons. The minimum Gasteiger partial charge on any atom is -0.0839 e. The van der Waals surface area contributed by atoms with Crippen LogP contribution in [0.4, 0.5) is 0 Å². The van der Waals surface area contributed by atoms with E-state index in [9.17, 15) is 0 Å². The average molecular weight is 574 g/mol. The van der Waals surface area contributed by atoms with E-state index in [2.05, 4.69) is 40.2 Å². The number of rotatable bonds is 0. The van der Waals surface area contributed by atoms with Gasteiger partial charge in [0, 0.05) is 11.3 Å². The Morgan fingerprint density at radius 1 is 0.684 bits per heavy atom. The van der Waals surface area contributed by atoms with E-state index in [1.54, 1.807) is 36.6 Å². The van der Waals surface area contributed by atoms with E-state index in [1.165, 1.54) is 77.0 Å². The van der Waals surface area contributed by atoms with Crippen LogP contribution in [0.2, 0.25) is 0 Å². The molecule has 0 radical (unpaired) electrons. The van der Waals surface area contributed by atoms with Crippen LogP contribution < -0.4 is 0 Å². The summed E-state index contributed by atoms with van der Waals surface area (Å²) in [5, 5.41) is 0. The fraction of sp³-hybridized carbons (Fsp3) is 0.784. The molecule has 12 atom stereocenters. The first kappa shape index (κ1) is 24.1. The summed E-state index contributed by atoms with van der Waals surface area (Å²) in [6.07, 6.45) is 36.3. The molecule has 5 saturated carbocycles. The van der Waals surface area contributed by atoms with Crippen LogP contribution in [-0.2, 0) is 0 Å². The Morgan fingerprint density at radius 3 is 2.18 bits per heavy atom. The minimum atomic E-state index is 0.334. The lowest BCUT2D eigenvalue weighted by atomic mass is 9.47. The van der Waals surface area contributed by atoms with Gasteiger partial charge in [-0.05, 0) is 140 Å². The normalized spacial score (nSPS) is 52.6. The number of fused-ring (bicyclic) bond motifs is 15. The maximum Gasteiger partial charge on any atom is 0.0274 e. The maximum absolute atomic E-state index is 4.30. The van der Waals surface area contributed by atoms with E-state index < -0.39 is 0 Å². The van der Waals surface area contributed by atoms with Crippen LogP contribution in [0.3, 0.4) is 0 Å². The lowest BCUT2D eigenvalue weighted by Crippen LogP contribution is -2.50. The lowest BCUT2D eigenvalue weighted by Gasteiger charge is -2.58. The molecule has 0 aliphatic heterocycles. The van der Waals surface area contributed by atoms with Crippen LogP contribution in [0.1, 0.15) is 109 Å². The Labute approximate surface area is 240 Å². The topological polar surface area (TPSA) is 0 Å². The zero-order valence-electron chi connectivity index (χ0n) is 23.6. The zero-order chi connectivity index (χ0) is 25.0. The Hall–Kier alpha value is -0.560. The third-order valence-corrected chi connectivity index (χ3v) is 15.5. The standard InChI is InChI=1S/C37H49Br/c38-35-19-9-16-28-26-14-5-7-17-32(26)37(36(28)35)33-18-8-6-15-27(33)31-20-29-24-12-3-1-10-22(24)23-11-2-4-13-25(23)30(29)21-34(31)37/h7,17,19,21-25,27-31,33,36H,1-6,8-16,18,20H2. The summed E-state index contributed by atoms with van der Waals surface area (Å²) >= 11 is 4.30. The highest BCUT2D eigenvalue weighted by molar-refractivity contribution is 9.11. The highest BCUT2D eigenvalue weighted by atomic mass is 79.9. The molecule has 0 nitrogen and oxygen atoms in total. The first-order valence-corrected chi connectivity index (χ1v) is 18.1. The highest BCUT2D eigenvalue weighted by Crippen LogP contribution is 2.76. The summed E-state index contributed by atoms with van der Waals surface area (Å²) in [5.74, 6) is 10.4. The van der Waals surface area contributed by atoms with Crippen molar-refractivity contribution in [3.05, 3.63) is 45.5 Å². The summed E-state index contributed by atoms with van der Waals surface area (Å²) in [6.45, 7) is 0. The lowest BCUT2D eigenvalue weighted by molar-refractivity contribution is -0.0585. The SMILES string of the molecule is BrC1=CCCC2C3=C(C=CCC3)C3(C4=CC5C6CCCCC6C6CCCCC6C5CC4C4CCCCC43)C12. The van der Waals surface area contributed by atoms with E-state index in [-0.39, 0.29) is 0 Å². The number of hydrogen-bond acceptors (Lipinski definition) is 0. The molecule has 1 heteroatoms. The molecule has 9 rings (SSSR count). The second-order valence-electron chi connectivity index (χ2n) is 15.5. The molecule has 9 aliphatic carbocycles. The van der Waals surface area contributed by atoms with Crippen molar-refractivity contribution in [2.45, 2.75) is 109 Å². The molecule has 0 aromatic carbocycles. The van der Waals surface area contributed by atoms with Gasteiger partial charge in [-0.1, -0.05) is 89.9 Å². The van der Waals surface area contributed by atoms with Gasteiger partial charge in [0.25, 0.3) is 0 Å². The quantitative estimate of drug-likeness (QED) is 0.253. The summed E-state index contributed by atoms with van der Waals surface area (Å²) in [5.41, 5.74) is 6.16. The third kappa shape index (κ3) is 3.05. The second kappa shape index (κ2) is 8.97. The van der Waals surface area contributed by atoms with Crippen molar-refractivity contribution in [2.75, 3.05) is 0 Å². The molecule has 0 aromatic rings. The maximum atomic E-state index is 4.30. The molecule has 0 aromatic heterocycles. The monoisotopic (exact) mass is 572 g/mol. The Balaban J connectivity index is 1.25. The largest absolute Gasteiger partial charge is 0.0839 e. The van der Waals surface area contributed by atoms with Crippen LogP contribution in [0.25, 0.3) is 0 Å². The molecule has 5 fully saturated rings. The molecule has 9 aliphatic rings. The van der Waals surface area contributed by atoms with Gasteiger partial charge in [-0.15, -0.1) is 0 Å². The number of halogens is 1. The van der Waals surface area contributed by atoms with Crippen molar-refractivity contribution < 1.29 is 0 Å². The van der Waals surface area contributed by atoms with E-state index in [0.717, 1.165) is 65.1 Å². The first-order valence-electron chi connectivity index (χ1n) is 17.3. The molecular formula is C37H49Br. The second-order valence-corrected chi connectivity index (χ2v) is 16.4. The molecule has 0 N–H and O–H groups in total. The van der Waals surface area contributed by atoms with Crippen LogP contribution in [0.15, 0.2) is 45.5 Å². The van der Waals surface area contributed by atoms with Crippen LogP contribution in [-0.4, -0.2) is 0 Å². The average Bonchev–Trinajstić information content (AvgIpc) is 3.44. The minimum absolute atomic E-state index is 0.334.